The molecule has 0 saturated carbocycles. The molecule has 12 N–H and O–H groups in total. The van der Waals surface area contributed by atoms with Crippen LogP contribution in [0.2, 0.25) is 25.7 Å². The second-order valence-corrected chi connectivity index (χ2v) is 18.3. The highest BCUT2D eigenvalue weighted by Crippen LogP contribution is 2.45. The van der Waals surface area contributed by atoms with Crippen LogP contribution in [-0.4, -0.2) is 187 Å². The second-order valence-electron chi connectivity index (χ2n) is 12.7. The van der Waals surface area contributed by atoms with Crippen molar-refractivity contribution >= 4 is 14.0 Å². The predicted octanol–water partition coefficient (Wildman–Crippen LogP) is -6.29. The molecule has 252 valence electrons. The second kappa shape index (κ2) is 13.8. The molecule has 0 aliphatic carbocycles. The molecule has 0 radical (unpaired) electrons. The molecule has 1 amide bonds. The lowest BCUT2D eigenvalue weighted by Gasteiger charge is -2.60. The molecule has 0 unspecified atom stereocenters. The highest BCUT2D eigenvalue weighted by Gasteiger charge is 2.71. The van der Waals surface area contributed by atoms with E-state index in [1.54, 1.807) is 0 Å². The van der Waals surface area contributed by atoms with Crippen molar-refractivity contribution in [1.29, 1.82) is 0 Å². The summed E-state index contributed by atoms with van der Waals surface area (Å²) in [5, 5.41) is 122. The first-order valence-electron chi connectivity index (χ1n) is 14.1. The van der Waals surface area contributed by atoms with Crippen LogP contribution in [0.1, 0.15) is 6.92 Å². The maximum Gasteiger partial charge on any atom is 0.217 e. The van der Waals surface area contributed by atoms with Gasteiger partial charge in [-0.05, 0) is 6.04 Å². The first-order chi connectivity index (χ1) is 19.9. The number of ether oxygens (including phenoxy) is 4. The van der Waals surface area contributed by atoms with Gasteiger partial charge in [0.2, 0.25) is 5.91 Å². The van der Waals surface area contributed by atoms with E-state index in [-0.39, 0.29) is 6.61 Å². The zero-order valence-electron chi connectivity index (χ0n) is 24.5. The van der Waals surface area contributed by atoms with E-state index in [0.29, 0.717) is 6.04 Å². The summed E-state index contributed by atoms with van der Waals surface area (Å²) in [5.41, 5.74) is -6.02. The lowest BCUT2D eigenvalue weighted by atomic mass is 9.67. The molecule has 0 spiro atoms. The molecular weight excluding hydrogens is 598 g/mol. The molecule has 15 atom stereocenters. The molecule has 17 nitrogen and oxygen atoms in total. The van der Waals surface area contributed by atoms with E-state index in [1.807, 2.05) is 0 Å². The lowest BCUT2D eigenvalue weighted by Crippen LogP contribution is -2.83. The highest BCUT2D eigenvalue weighted by atomic mass is 28.3. The van der Waals surface area contributed by atoms with Crippen molar-refractivity contribution in [1.82, 2.24) is 5.32 Å². The van der Waals surface area contributed by atoms with Crippen LogP contribution >= 0.6 is 0 Å². The van der Waals surface area contributed by atoms with Gasteiger partial charge in [-0.25, -0.2) is 0 Å². The summed E-state index contributed by atoms with van der Waals surface area (Å²) in [6, 6.07) is -1.10. The van der Waals surface area contributed by atoms with E-state index in [0.717, 1.165) is 6.92 Å². The average Bonchev–Trinajstić information content (AvgIpc) is 2.93. The normalized spacial score (nSPS) is 47.7. The quantitative estimate of drug-likeness (QED) is 0.0984. The summed E-state index contributed by atoms with van der Waals surface area (Å²) in [7, 11) is -1.59. The van der Waals surface area contributed by atoms with Crippen molar-refractivity contribution in [2.75, 3.05) is 26.4 Å². The Morgan fingerprint density at radius 3 is 1.86 bits per heavy atom. The van der Waals surface area contributed by atoms with Gasteiger partial charge in [0.1, 0.15) is 72.7 Å². The van der Waals surface area contributed by atoms with Crippen molar-refractivity contribution in [2.24, 2.45) is 0 Å². The van der Waals surface area contributed by atoms with Gasteiger partial charge in [-0.2, -0.15) is 0 Å². The minimum atomic E-state index is -3.08. The molecule has 18 heteroatoms. The van der Waals surface area contributed by atoms with Gasteiger partial charge in [0.05, 0.1) is 25.9 Å². The van der Waals surface area contributed by atoms with Crippen molar-refractivity contribution in [3.05, 3.63) is 0 Å². The van der Waals surface area contributed by atoms with E-state index >= 15 is 0 Å². The van der Waals surface area contributed by atoms with Gasteiger partial charge >= 0.3 is 0 Å². The molecule has 3 heterocycles. The molecule has 43 heavy (non-hydrogen) atoms. The number of amides is 1. The Hall–Kier alpha value is -0.913. The summed E-state index contributed by atoms with van der Waals surface area (Å²) in [4.78, 5) is 12.0. The van der Waals surface area contributed by atoms with Gasteiger partial charge in [0, 0.05) is 21.6 Å². The van der Waals surface area contributed by atoms with Crippen LogP contribution in [0.3, 0.4) is 0 Å². The van der Waals surface area contributed by atoms with Gasteiger partial charge in [0.15, 0.2) is 11.9 Å². The van der Waals surface area contributed by atoms with E-state index in [1.165, 1.54) is 0 Å². The Labute approximate surface area is 249 Å². The monoisotopic (exact) mass is 645 g/mol. The predicted molar refractivity (Wildman–Crippen MR) is 145 cm³/mol. The summed E-state index contributed by atoms with van der Waals surface area (Å²) >= 11 is 0. The zero-order chi connectivity index (χ0) is 32.7. The molecule has 3 saturated heterocycles. The van der Waals surface area contributed by atoms with Crippen LogP contribution in [0.5, 0.6) is 0 Å². The number of carbonyl (C=O) groups is 1. The Kier molecular flexibility index (Phi) is 11.8. The Bertz CT molecular complexity index is 939. The number of hydrogen-bond donors (Lipinski definition) is 12. The van der Waals surface area contributed by atoms with Gasteiger partial charge < -0.3 is 80.4 Å². The number of carbonyl (C=O) groups excluding carboxylic acids is 1. The fourth-order valence-electron chi connectivity index (χ4n) is 5.93. The van der Waals surface area contributed by atoms with Gasteiger partial charge in [-0.1, -0.05) is 19.6 Å². The SMILES string of the molecule is CC(=O)N[C@H]1[C@@H](O)[C@@H](O)[C@@H](CO)O[C@H]1[C@@]1(O)[C@@H](O)[C@H]([C@@]2(O)[C@H](O)[C@@H](O)[C@@H](OCC[Si](C)(C)C)O[C@@H]2CO)O[C@H](CO)[C@@H]1O. The van der Waals surface area contributed by atoms with Gasteiger partial charge in [-0.15, -0.1) is 0 Å². The molecule has 0 aromatic heterocycles. The van der Waals surface area contributed by atoms with Crippen LogP contribution in [0.15, 0.2) is 0 Å². The lowest BCUT2D eigenvalue weighted by molar-refractivity contribution is -0.392. The van der Waals surface area contributed by atoms with Crippen LogP contribution in [-0.2, 0) is 23.7 Å². The average molecular weight is 646 g/mol. The molecule has 3 fully saturated rings. The van der Waals surface area contributed by atoms with Crippen LogP contribution in [0.4, 0.5) is 0 Å². The summed E-state index contributed by atoms with van der Waals surface area (Å²) < 4.78 is 22.3. The molecule has 0 bridgehead atoms. The van der Waals surface area contributed by atoms with Crippen LogP contribution < -0.4 is 5.32 Å². The fourth-order valence-corrected chi connectivity index (χ4v) is 6.66. The van der Waals surface area contributed by atoms with Crippen LogP contribution in [0, 0.1) is 0 Å². The van der Waals surface area contributed by atoms with E-state index in [9.17, 15) is 61.0 Å². The third kappa shape index (κ3) is 6.80. The van der Waals surface area contributed by atoms with Crippen LogP contribution in [0.25, 0.3) is 0 Å². The highest BCUT2D eigenvalue weighted by molar-refractivity contribution is 6.76. The van der Waals surface area contributed by atoms with Gasteiger partial charge in [0.25, 0.3) is 0 Å². The smallest absolute Gasteiger partial charge is 0.217 e. The minimum absolute atomic E-state index is 0.117. The van der Waals surface area contributed by atoms with Crippen molar-refractivity contribution in [3.8, 4) is 0 Å². The number of aliphatic hydroxyl groups excluding tert-OH is 9. The van der Waals surface area contributed by atoms with Gasteiger partial charge in [-0.3, -0.25) is 4.79 Å². The van der Waals surface area contributed by atoms with E-state index in [4.69, 9.17) is 18.9 Å². The largest absolute Gasteiger partial charge is 0.394 e. The summed E-state index contributed by atoms with van der Waals surface area (Å²) in [5.74, 6) is -0.791. The number of rotatable bonds is 10. The van der Waals surface area contributed by atoms with Crippen molar-refractivity contribution in [2.45, 2.75) is 123 Å². The minimum Gasteiger partial charge on any atom is -0.394 e. The van der Waals surface area contributed by atoms with E-state index < -0.39 is 124 Å². The number of aliphatic hydroxyl groups is 11. The Balaban J connectivity index is 2.04. The molecule has 3 aliphatic heterocycles. The Morgan fingerprint density at radius 1 is 0.767 bits per heavy atom. The first kappa shape index (κ1) is 36.6. The van der Waals surface area contributed by atoms with Crippen molar-refractivity contribution < 1.29 is 79.9 Å². The first-order valence-corrected chi connectivity index (χ1v) is 17.8. The molecule has 3 aliphatic rings. The standard InChI is InChI=1S/C25H47NO16Si/c1-10(30)26-14-16(32)15(31)11(7-27)40-21(14)25(38)18(34)12(8-28)41-22(20(25)36)24(37)13(9-29)42-23(17(33)19(24)35)39-5-6-43(2,3)4/h11-23,27-29,31-38H,5-9H2,1-4H3,(H,26,30)/t11-,12-,13-,14+,15+,16-,17-,18+,19-,20+,21-,22-,23+,24+,25+/m1/s1. The molecule has 0 aromatic rings. The van der Waals surface area contributed by atoms with Crippen molar-refractivity contribution in [3.63, 3.8) is 0 Å². The number of hydrogen-bond acceptors (Lipinski definition) is 16. The molecule has 3 rings (SSSR count). The van der Waals surface area contributed by atoms with E-state index in [2.05, 4.69) is 25.0 Å². The molecule has 0 aromatic carbocycles. The topological polar surface area (TPSA) is 289 Å². The zero-order valence-corrected chi connectivity index (χ0v) is 25.5. The third-order valence-electron chi connectivity index (χ3n) is 8.49. The Morgan fingerprint density at radius 2 is 1.35 bits per heavy atom. The maximum atomic E-state index is 12.0. The summed E-state index contributed by atoms with van der Waals surface area (Å²) in [6.07, 6.45) is -23.9. The maximum absolute atomic E-state index is 12.0. The fraction of sp³-hybridized carbons (Fsp3) is 0.960. The summed E-state index contributed by atoms with van der Waals surface area (Å²) in [6.45, 7) is 4.36. The number of nitrogens with one attached hydrogen (secondary N) is 1. The third-order valence-corrected chi connectivity index (χ3v) is 10.2. The molecular formula is C25H47NO16Si.